The van der Waals surface area contributed by atoms with Crippen LogP contribution in [0.5, 0.6) is 0 Å². The molecule has 54 valence electrons. The number of allylic oxidation sites excluding steroid dienone is 1. The van der Waals surface area contributed by atoms with Crippen LogP contribution in [0.2, 0.25) is 0 Å². The smallest absolute Gasteiger partial charge is 0.0258 e. The normalized spacial score (nSPS) is 31.2. The summed E-state index contributed by atoms with van der Waals surface area (Å²) < 4.78 is 0. The van der Waals surface area contributed by atoms with Crippen LogP contribution in [0.1, 0.15) is 32.1 Å². The molecule has 0 spiro atoms. The Morgan fingerprint density at radius 2 is 2.40 bits per heavy atom. The van der Waals surface area contributed by atoms with Crippen LogP contribution < -0.4 is 0 Å². The molecule has 2 aliphatic rings. The predicted molar refractivity (Wildman–Crippen MR) is 43.2 cm³/mol. The Morgan fingerprint density at radius 1 is 1.40 bits per heavy atom. The summed E-state index contributed by atoms with van der Waals surface area (Å²) in [5.74, 6) is 0.867. The van der Waals surface area contributed by atoms with Gasteiger partial charge < -0.3 is 0 Å². The Labute approximate surface area is 61.9 Å². The van der Waals surface area contributed by atoms with E-state index in [-0.39, 0.29) is 0 Å². The maximum Gasteiger partial charge on any atom is 0.0258 e. The van der Waals surface area contributed by atoms with Gasteiger partial charge in [-0.2, -0.15) is 0 Å². The number of hydrogen-bond acceptors (Lipinski definition) is 1. The van der Waals surface area contributed by atoms with E-state index >= 15 is 0 Å². The molecule has 0 bridgehead atoms. The molecule has 1 saturated carbocycles. The van der Waals surface area contributed by atoms with E-state index in [2.05, 4.69) is 17.4 Å². The highest BCUT2D eigenvalue weighted by Crippen LogP contribution is 2.32. The van der Waals surface area contributed by atoms with Crippen LogP contribution in [-0.4, -0.2) is 6.21 Å². The summed E-state index contributed by atoms with van der Waals surface area (Å²) in [6.07, 6.45) is 10.9. The highest BCUT2D eigenvalue weighted by molar-refractivity contribution is 5.61. The molecule has 1 heteroatoms. The van der Waals surface area contributed by atoms with E-state index in [0.29, 0.717) is 0 Å². The number of aliphatic imine (C=N–C) groups is 1. The van der Waals surface area contributed by atoms with E-state index in [1.807, 2.05) is 0 Å². The second-order valence-corrected chi connectivity index (χ2v) is 3.21. The van der Waals surface area contributed by atoms with Crippen molar-refractivity contribution < 1.29 is 0 Å². The topological polar surface area (TPSA) is 12.4 Å². The molecule has 0 aromatic rings. The van der Waals surface area contributed by atoms with Gasteiger partial charge in [0.1, 0.15) is 0 Å². The molecule has 2 rings (SSSR count). The molecule has 1 unspecified atom stereocenters. The molecule has 0 N–H and O–H groups in total. The van der Waals surface area contributed by atoms with E-state index in [1.165, 1.54) is 32.1 Å². The Bertz CT molecular complexity index is 179. The maximum atomic E-state index is 4.17. The van der Waals surface area contributed by atoms with Crippen molar-refractivity contribution in [1.82, 2.24) is 0 Å². The number of fused-ring (bicyclic) bond motifs is 1. The summed E-state index contributed by atoms with van der Waals surface area (Å²) in [6, 6.07) is 0. The lowest BCUT2D eigenvalue weighted by molar-refractivity contribution is 0.462. The van der Waals surface area contributed by atoms with Crippen LogP contribution in [0.15, 0.2) is 16.8 Å². The molecular formula is C9H13N. The van der Waals surface area contributed by atoms with Crippen molar-refractivity contribution in [2.45, 2.75) is 32.1 Å². The summed E-state index contributed by atoms with van der Waals surface area (Å²) in [7, 11) is 0. The van der Waals surface area contributed by atoms with E-state index in [1.54, 1.807) is 5.57 Å². The van der Waals surface area contributed by atoms with Gasteiger partial charge in [0.25, 0.3) is 0 Å². The van der Waals surface area contributed by atoms with Gasteiger partial charge in [0, 0.05) is 12.4 Å². The van der Waals surface area contributed by atoms with E-state index in [0.717, 1.165) is 5.92 Å². The zero-order chi connectivity index (χ0) is 6.81. The number of rotatable bonds is 0. The fourth-order valence-corrected chi connectivity index (χ4v) is 1.89. The molecule has 10 heavy (non-hydrogen) atoms. The summed E-state index contributed by atoms with van der Waals surface area (Å²) in [6.45, 7) is 0. The van der Waals surface area contributed by atoms with Gasteiger partial charge in [-0.15, -0.1) is 0 Å². The van der Waals surface area contributed by atoms with Crippen molar-refractivity contribution in [3.05, 3.63) is 11.8 Å². The zero-order valence-corrected chi connectivity index (χ0v) is 6.21. The predicted octanol–water partition coefficient (Wildman–Crippen LogP) is 2.54. The summed E-state index contributed by atoms with van der Waals surface area (Å²) in [5, 5.41) is 0. The molecule has 0 aromatic carbocycles. The molecule has 1 aliphatic heterocycles. The van der Waals surface area contributed by atoms with Crippen LogP contribution in [0.25, 0.3) is 0 Å². The lowest BCUT2D eigenvalue weighted by atomic mass is 9.82. The minimum Gasteiger partial charge on any atom is -0.269 e. The first-order chi connectivity index (χ1) is 4.97. The molecule has 0 radical (unpaired) electrons. The quantitative estimate of drug-likeness (QED) is 0.484. The Balaban J connectivity index is 2.14. The first-order valence-electron chi connectivity index (χ1n) is 4.17. The third-order valence-electron chi connectivity index (χ3n) is 2.53. The van der Waals surface area contributed by atoms with Crippen molar-refractivity contribution in [1.29, 1.82) is 0 Å². The Kier molecular flexibility index (Phi) is 1.58. The van der Waals surface area contributed by atoms with Gasteiger partial charge in [0.15, 0.2) is 0 Å². The van der Waals surface area contributed by atoms with Crippen molar-refractivity contribution in [2.75, 3.05) is 0 Å². The molecular weight excluding hydrogens is 122 g/mol. The average molecular weight is 135 g/mol. The summed E-state index contributed by atoms with van der Waals surface area (Å²) in [5.41, 5.74) is 1.61. The molecule has 0 aromatic heterocycles. The molecule has 0 amide bonds. The van der Waals surface area contributed by atoms with Crippen molar-refractivity contribution in [3.8, 4) is 0 Å². The average Bonchev–Trinajstić information content (AvgIpc) is 2.05. The first-order valence-corrected chi connectivity index (χ1v) is 4.17. The fraction of sp³-hybridized carbons (Fsp3) is 0.667. The second-order valence-electron chi connectivity index (χ2n) is 3.21. The zero-order valence-electron chi connectivity index (χ0n) is 6.21. The van der Waals surface area contributed by atoms with Crippen LogP contribution >= 0.6 is 0 Å². The van der Waals surface area contributed by atoms with E-state index in [4.69, 9.17) is 0 Å². The van der Waals surface area contributed by atoms with E-state index < -0.39 is 0 Å². The van der Waals surface area contributed by atoms with Gasteiger partial charge in [0.05, 0.1) is 0 Å². The van der Waals surface area contributed by atoms with Crippen molar-refractivity contribution >= 4 is 6.21 Å². The maximum absolute atomic E-state index is 4.17. The van der Waals surface area contributed by atoms with Gasteiger partial charge in [0.2, 0.25) is 0 Å². The van der Waals surface area contributed by atoms with Crippen LogP contribution in [-0.2, 0) is 0 Å². The third-order valence-corrected chi connectivity index (χ3v) is 2.53. The van der Waals surface area contributed by atoms with Gasteiger partial charge in [-0.1, -0.05) is 6.42 Å². The Hall–Kier alpha value is -0.590. The molecule has 1 aliphatic carbocycles. The highest BCUT2D eigenvalue weighted by Gasteiger charge is 2.18. The minimum absolute atomic E-state index is 0.867. The summed E-state index contributed by atoms with van der Waals surface area (Å²) >= 11 is 0. The standard InChI is InChI=1S/C9H13N/c1-2-4-9-7-10-6-5-8(9)3-1/h6-8H,1-5H2. The van der Waals surface area contributed by atoms with Crippen LogP contribution in [0.4, 0.5) is 0 Å². The lowest BCUT2D eigenvalue weighted by Crippen LogP contribution is -2.12. The first kappa shape index (κ1) is 6.14. The fourth-order valence-electron chi connectivity index (χ4n) is 1.89. The SMILES string of the molecule is C1=NC=C2CCCCC2C1. The highest BCUT2D eigenvalue weighted by atomic mass is 14.7. The second kappa shape index (κ2) is 2.57. The molecule has 1 atom stereocenters. The van der Waals surface area contributed by atoms with Crippen molar-refractivity contribution in [3.63, 3.8) is 0 Å². The molecule has 1 heterocycles. The molecule has 0 saturated heterocycles. The molecule has 1 nitrogen and oxygen atoms in total. The number of nitrogens with zero attached hydrogens (tertiary/aromatic N) is 1. The van der Waals surface area contributed by atoms with Crippen LogP contribution in [0.3, 0.4) is 0 Å². The molecule has 1 fully saturated rings. The monoisotopic (exact) mass is 135 g/mol. The van der Waals surface area contributed by atoms with Gasteiger partial charge in [-0.3, -0.25) is 4.99 Å². The van der Waals surface area contributed by atoms with E-state index in [9.17, 15) is 0 Å². The van der Waals surface area contributed by atoms with Gasteiger partial charge in [-0.05, 0) is 37.2 Å². The number of hydrogen-bond donors (Lipinski definition) is 0. The largest absolute Gasteiger partial charge is 0.269 e. The Morgan fingerprint density at radius 3 is 3.30 bits per heavy atom. The third kappa shape index (κ3) is 1.00. The van der Waals surface area contributed by atoms with Crippen LogP contribution in [0, 0.1) is 5.92 Å². The lowest BCUT2D eigenvalue weighted by Gasteiger charge is -2.25. The van der Waals surface area contributed by atoms with Gasteiger partial charge in [-0.25, -0.2) is 0 Å². The minimum atomic E-state index is 0.867. The van der Waals surface area contributed by atoms with Crippen molar-refractivity contribution in [2.24, 2.45) is 10.9 Å². The summed E-state index contributed by atoms with van der Waals surface area (Å²) in [4.78, 5) is 4.17. The van der Waals surface area contributed by atoms with Gasteiger partial charge >= 0.3 is 0 Å².